The minimum Gasteiger partial charge on any atom is -0.266 e. The van der Waals surface area contributed by atoms with Gasteiger partial charge in [0.15, 0.2) is 9.84 Å². The molecule has 1 fully saturated rings. The van der Waals surface area contributed by atoms with Gasteiger partial charge in [-0.2, -0.15) is 5.10 Å². The van der Waals surface area contributed by atoms with E-state index in [-0.39, 0.29) is 11.8 Å². The fourth-order valence-corrected chi connectivity index (χ4v) is 3.68. The molecule has 1 aliphatic rings. The van der Waals surface area contributed by atoms with Gasteiger partial charge in [0, 0.05) is 5.69 Å². The second kappa shape index (κ2) is 3.08. The fraction of sp³-hybridized carbons (Fsp3) is 0.667. The molecule has 1 saturated heterocycles. The Morgan fingerprint density at radius 2 is 2.21 bits per heavy atom. The minimum absolute atomic E-state index is 0.0497. The van der Waals surface area contributed by atoms with Gasteiger partial charge in [-0.25, -0.2) is 8.42 Å². The van der Waals surface area contributed by atoms with Crippen LogP contribution in [-0.4, -0.2) is 29.7 Å². The van der Waals surface area contributed by atoms with Gasteiger partial charge in [-0.15, -0.1) is 0 Å². The Morgan fingerprint density at radius 1 is 1.50 bits per heavy atom. The van der Waals surface area contributed by atoms with Crippen LogP contribution in [0.25, 0.3) is 0 Å². The van der Waals surface area contributed by atoms with Crippen molar-refractivity contribution in [1.29, 1.82) is 0 Å². The van der Waals surface area contributed by atoms with E-state index >= 15 is 0 Å². The van der Waals surface area contributed by atoms with E-state index in [4.69, 9.17) is 0 Å². The third-order valence-electron chi connectivity index (χ3n) is 2.60. The molecule has 0 saturated carbocycles. The lowest BCUT2D eigenvalue weighted by Gasteiger charge is -2.10. The van der Waals surface area contributed by atoms with Crippen LogP contribution in [0.4, 0.5) is 0 Å². The molecule has 78 valence electrons. The molecule has 0 N–H and O–H groups in total. The number of nitrogens with zero attached hydrogens (tertiary/aromatic N) is 2. The van der Waals surface area contributed by atoms with Crippen molar-refractivity contribution < 1.29 is 8.42 Å². The van der Waals surface area contributed by atoms with Crippen molar-refractivity contribution in [3.05, 3.63) is 17.5 Å². The highest BCUT2D eigenvalue weighted by atomic mass is 32.2. The normalized spacial score (nSPS) is 25.4. The van der Waals surface area contributed by atoms with Gasteiger partial charge in [-0.3, -0.25) is 4.68 Å². The third-order valence-corrected chi connectivity index (χ3v) is 4.35. The zero-order valence-electron chi connectivity index (χ0n) is 8.40. The number of aromatic nitrogens is 2. The summed E-state index contributed by atoms with van der Waals surface area (Å²) in [5, 5.41) is 4.31. The van der Waals surface area contributed by atoms with Crippen LogP contribution in [0.5, 0.6) is 0 Å². The second-order valence-electron chi connectivity index (χ2n) is 3.93. The second-order valence-corrected chi connectivity index (χ2v) is 6.16. The molecule has 5 heteroatoms. The quantitative estimate of drug-likeness (QED) is 0.696. The van der Waals surface area contributed by atoms with Crippen molar-refractivity contribution in [2.45, 2.75) is 26.3 Å². The summed E-state index contributed by atoms with van der Waals surface area (Å²) in [6.45, 7) is 3.89. The van der Waals surface area contributed by atoms with Crippen molar-refractivity contribution in [2.24, 2.45) is 0 Å². The summed E-state index contributed by atoms with van der Waals surface area (Å²) in [7, 11) is -2.81. The molecule has 0 radical (unpaired) electrons. The average Bonchev–Trinajstić information content (AvgIpc) is 2.55. The summed E-state index contributed by atoms with van der Waals surface area (Å²) in [5.74, 6) is 0.547. The molecule has 1 aliphatic heterocycles. The van der Waals surface area contributed by atoms with E-state index in [0.717, 1.165) is 11.4 Å². The van der Waals surface area contributed by atoms with Crippen LogP contribution in [0.1, 0.15) is 23.9 Å². The summed E-state index contributed by atoms with van der Waals surface area (Å²) in [5.41, 5.74) is 2.00. The molecule has 0 spiro atoms. The van der Waals surface area contributed by atoms with E-state index in [0.29, 0.717) is 12.2 Å². The lowest BCUT2D eigenvalue weighted by Crippen LogP contribution is -2.13. The van der Waals surface area contributed by atoms with Crippen LogP contribution < -0.4 is 0 Å². The molecule has 14 heavy (non-hydrogen) atoms. The maximum atomic E-state index is 11.3. The van der Waals surface area contributed by atoms with Crippen molar-refractivity contribution >= 4 is 9.84 Å². The first-order valence-corrected chi connectivity index (χ1v) is 6.53. The number of rotatable bonds is 1. The zero-order valence-corrected chi connectivity index (χ0v) is 9.21. The third kappa shape index (κ3) is 1.68. The number of sulfone groups is 1. The first-order chi connectivity index (χ1) is 6.48. The number of aryl methyl sites for hydroxylation is 2. The van der Waals surface area contributed by atoms with Gasteiger partial charge in [0.05, 0.1) is 23.2 Å². The predicted molar refractivity (Wildman–Crippen MR) is 54.0 cm³/mol. The molecule has 0 bridgehead atoms. The number of hydrogen-bond donors (Lipinski definition) is 0. The van der Waals surface area contributed by atoms with E-state index < -0.39 is 9.84 Å². The van der Waals surface area contributed by atoms with E-state index in [9.17, 15) is 8.42 Å². The largest absolute Gasteiger partial charge is 0.266 e. The Balaban J connectivity index is 2.30. The van der Waals surface area contributed by atoms with Crippen LogP contribution in [0.15, 0.2) is 6.07 Å². The Labute approximate surface area is 83.8 Å². The molecule has 1 aromatic rings. The highest BCUT2D eigenvalue weighted by molar-refractivity contribution is 7.91. The number of hydrogen-bond acceptors (Lipinski definition) is 3. The summed E-state index contributed by atoms with van der Waals surface area (Å²) in [6, 6.07) is 2.03. The molecular formula is C9H14N2O2S. The summed E-state index contributed by atoms with van der Waals surface area (Å²) in [6.07, 6.45) is 0.699. The molecule has 1 aromatic heterocycles. The Bertz CT molecular complexity index is 447. The molecule has 0 unspecified atom stereocenters. The monoisotopic (exact) mass is 214 g/mol. The van der Waals surface area contributed by atoms with Gasteiger partial charge in [-0.05, 0) is 26.3 Å². The van der Waals surface area contributed by atoms with E-state index in [1.165, 1.54) is 0 Å². The van der Waals surface area contributed by atoms with E-state index in [1.807, 2.05) is 24.6 Å². The zero-order chi connectivity index (χ0) is 10.3. The molecule has 2 rings (SSSR count). The van der Waals surface area contributed by atoms with Gasteiger partial charge >= 0.3 is 0 Å². The van der Waals surface area contributed by atoms with Crippen LogP contribution >= 0.6 is 0 Å². The van der Waals surface area contributed by atoms with Gasteiger partial charge in [0.2, 0.25) is 0 Å². The molecule has 0 amide bonds. The molecule has 4 nitrogen and oxygen atoms in total. The summed E-state index contributed by atoms with van der Waals surface area (Å²) in [4.78, 5) is 0. The van der Waals surface area contributed by atoms with Crippen LogP contribution in [-0.2, 0) is 9.84 Å². The fourth-order valence-electron chi connectivity index (χ4n) is 1.98. The van der Waals surface area contributed by atoms with Gasteiger partial charge in [0.1, 0.15) is 0 Å². The van der Waals surface area contributed by atoms with E-state index in [1.54, 1.807) is 0 Å². The lowest BCUT2D eigenvalue weighted by atomic mass is 10.2. The molecule has 0 aliphatic carbocycles. The summed E-state index contributed by atoms with van der Waals surface area (Å²) < 4.78 is 24.4. The lowest BCUT2D eigenvalue weighted by molar-refractivity contribution is 0.486. The van der Waals surface area contributed by atoms with Gasteiger partial charge in [0.25, 0.3) is 0 Å². The standard InChI is InChI=1S/C9H14N2O2S/c1-7-5-8(2)11(10-7)9-3-4-14(12,13)6-9/h5,9H,3-4,6H2,1-2H3/t9-/m0/s1. The maximum Gasteiger partial charge on any atom is 0.152 e. The Morgan fingerprint density at radius 3 is 2.64 bits per heavy atom. The van der Waals surface area contributed by atoms with Crippen LogP contribution in [0.2, 0.25) is 0 Å². The SMILES string of the molecule is Cc1cc(C)n([C@H]2CCS(=O)(=O)C2)n1. The molecular weight excluding hydrogens is 200 g/mol. The van der Waals surface area contributed by atoms with Gasteiger partial charge in [-0.1, -0.05) is 0 Å². The first kappa shape index (κ1) is 9.71. The highest BCUT2D eigenvalue weighted by Gasteiger charge is 2.30. The summed E-state index contributed by atoms with van der Waals surface area (Å²) >= 11 is 0. The van der Waals surface area contributed by atoms with E-state index in [2.05, 4.69) is 5.10 Å². The first-order valence-electron chi connectivity index (χ1n) is 4.71. The Hall–Kier alpha value is -0.840. The predicted octanol–water partition coefficient (Wildman–Crippen LogP) is 0.860. The van der Waals surface area contributed by atoms with Crippen LogP contribution in [0, 0.1) is 13.8 Å². The topological polar surface area (TPSA) is 52.0 Å². The van der Waals surface area contributed by atoms with Crippen molar-refractivity contribution in [1.82, 2.24) is 9.78 Å². The Kier molecular flexibility index (Phi) is 2.14. The van der Waals surface area contributed by atoms with Crippen molar-refractivity contribution in [3.8, 4) is 0 Å². The maximum absolute atomic E-state index is 11.3. The molecule has 0 aromatic carbocycles. The minimum atomic E-state index is -2.81. The van der Waals surface area contributed by atoms with Crippen molar-refractivity contribution in [3.63, 3.8) is 0 Å². The average molecular weight is 214 g/mol. The molecule has 1 atom stereocenters. The van der Waals surface area contributed by atoms with Crippen molar-refractivity contribution in [2.75, 3.05) is 11.5 Å². The smallest absolute Gasteiger partial charge is 0.152 e. The highest BCUT2D eigenvalue weighted by Crippen LogP contribution is 2.24. The van der Waals surface area contributed by atoms with Crippen LogP contribution in [0.3, 0.4) is 0 Å². The molecule has 2 heterocycles. The van der Waals surface area contributed by atoms with Gasteiger partial charge < -0.3 is 0 Å².